The monoisotopic (exact) mass is 276 g/mol. The predicted molar refractivity (Wildman–Crippen MR) is 75.4 cm³/mol. The van der Waals surface area contributed by atoms with Gasteiger partial charge in [0.2, 0.25) is 0 Å². The Balaban J connectivity index is 2.41. The van der Waals surface area contributed by atoms with Crippen molar-refractivity contribution in [1.82, 2.24) is 9.38 Å². The molecule has 4 heteroatoms. The summed E-state index contributed by atoms with van der Waals surface area (Å²) in [7, 11) is 0. The first-order chi connectivity index (χ1) is 8.68. The predicted octanol–water partition coefficient (Wildman–Crippen LogP) is 4.62. The maximum Gasteiger partial charge on any atom is 0.155 e. The minimum Gasteiger partial charge on any atom is -0.295 e. The number of aryl methyl sites for hydroxylation is 1. The van der Waals surface area contributed by atoms with Gasteiger partial charge in [-0.05, 0) is 31.2 Å². The second-order valence-corrected chi connectivity index (χ2v) is 4.86. The zero-order valence-corrected chi connectivity index (χ0v) is 11.2. The van der Waals surface area contributed by atoms with Crippen LogP contribution in [0.3, 0.4) is 0 Å². The number of halogens is 2. The van der Waals surface area contributed by atoms with Gasteiger partial charge >= 0.3 is 0 Å². The van der Waals surface area contributed by atoms with Crippen molar-refractivity contribution in [2.24, 2.45) is 0 Å². The topological polar surface area (TPSA) is 17.3 Å². The molecule has 1 aromatic carbocycles. The molecule has 0 radical (unpaired) electrons. The molecule has 2 heterocycles. The molecule has 3 aromatic rings. The van der Waals surface area contributed by atoms with Crippen molar-refractivity contribution in [3.05, 3.63) is 58.3 Å². The fraction of sp³-hybridized carbons (Fsp3) is 0.0714. The highest BCUT2D eigenvalue weighted by atomic mass is 35.5. The third kappa shape index (κ3) is 1.69. The third-order valence-electron chi connectivity index (χ3n) is 2.93. The molecule has 0 N–H and O–H groups in total. The Morgan fingerprint density at radius 1 is 1.00 bits per heavy atom. The lowest BCUT2D eigenvalue weighted by Gasteiger charge is -2.06. The van der Waals surface area contributed by atoms with Crippen molar-refractivity contribution < 1.29 is 0 Å². The smallest absolute Gasteiger partial charge is 0.155 e. The summed E-state index contributed by atoms with van der Waals surface area (Å²) in [5, 5.41) is 1.16. The highest BCUT2D eigenvalue weighted by Crippen LogP contribution is 2.31. The van der Waals surface area contributed by atoms with E-state index >= 15 is 0 Å². The quantitative estimate of drug-likeness (QED) is 0.634. The summed E-state index contributed by atoms with van der Waals surface area (Å²) in [5.74, 6) is 0.777. The average Bonchev–Trinajstić information content (AvgIpc) is 2.69. The van der Waals surface area contributed by atoms with Gasteiger partial charge in [0.15, 0.2) is 5.15 Å². The van der Waals surface area contributed by atoms with Crippen LogP contribution in [0, 0.1) is 6.92 Å². The fourth-order valence-corrected chi connectivity index (χ4v) is 2.53. The van der Waals surface area contributed by atoms with E-state index in [-0.39, 0.29) is 0 Å². The van der Waals surface area contributed by atoms with E-state index in [1.54, 1.807) is 0 Å². The average molecular weight is 277 g/mol. The van der Waals surface area contributed by atoms with E-state index in [0.717, 1.165) is 22.6 Å². The van der Waals surface area contributed by atoms with Gasteiger partial charge in [0, 0.05) is 11.3 Å². The first kappa shape index (κ1) is 11.6. The molecule has 2 aromatic heterocycles. The van der Waals surface area contributed by atoms with Crippen molar-refractivity contribution in [3.8, 4) is 11.4 Å². The molecule has 0 atom stereocenters. The van der Waals surface area contributed by atoms with Crippen LogP contribution in [-0.4, -0.2) is 9.38 Å². The second kappa shape index (κ2) is 4.30. The number of pyridine rings is 1. The maximum absolute atomic E-state index is 6.22. The van der Waals surface area contributed by atoms with Gasteiger partial charge in [0.1, 0.15) is 5.82 Å². The molecule has 0 aliphatic heterocycles. The molecule has 0 unspecified atom stereocenters. The number of rotatable bonds is 1. The summed E-state index contributed by atoms with van der Waals surface area (Å²) in [5.41, 5.74) is 2.85. The highest BCUT2D eigenvalue weighted by Gasteiger charge is 2.14. The minimum atomic E-state index is 0.494. The molecule has 2 nitrogen and oxygen atoms in total. The van der Waals surface area contributed by atoms with Gasteiger partial charge in [-0.1, -0.05) is 41.4 Å². The number of imidazole rings is 1. The van der Waals surface area contributed by atoms with Crippen LogP contribution in [0.1, 0.15) is 5.69 Å². The van der Waals surface area contributed by atoms with Crippen LogP contribution in [0.25, 0.3) is 16.9 Å². The molecule has 0 bridgehead atoms. The molecule has 18 heavy (non-hydrogen) atoms. The van der Waals surface area contributed by atoms with Gasteiger partial charge in [0.05, 0.1) is 10.5 Å². The minimum absolute atomic E-state index is 0.494. The van der Waals surface area contributed by atoms with Crippen LogP contribution in [0.2, 0.25) is 10.2 Å². The molecular weight excluding hydrogens is 267 g/mol. The SMILES string of the molecule is Cc1cccc2c(Cl)nc(-c3ccccc3Cl)n12. The van der Waals surface area contributed by atoms with Crippen LogP contribution in [0.15, 0.2) is 42.5 Å². The van der Waals surface area contributed by atoms with E-state index in [1.807, 2.05) is 53.8 Å². The first-order valence-electron chi connectivity index (χ1n) is 5.57. The van der Waals surface area contributed by atoms with Crippen LogP contribution in [0.4, 0.5) is 0 Å². The van der Waals surface area contributed by atoms with Gasteiger partial charge in [0.25, 0.3) is 0 Å². The Morgan fingerprint density at radius 3 is 2.56 bits per heavy atom. The van der Waals surface area contributed by atoms with E-state index in [1.165, 1.54) is 0 Å². The van der Waals surface area contributed by atoms with E-state index in [9.17, 15) is 0 Å². The van der Waals surface area contributed by atoms with Gasteiger partial charge in [-0.3, -0.25) is 4.40 Å². The number of hydrogen-bond donors (Lipinski definition) is 0. The number of aromatic nitrogens is 2. The lowest BCUT2D eigenvalue weighted by atomic mass is 10.2. The molecular formula is C14H10Cl2N2. The Bertz CT molecular complexity index is 732. The van der Waals surface area contributed by atoms with Crippen LogP contribution < -0.4 is 0 Å². The van der Waals surface area contributed by atoms with E-state index in [2.05, 4.69) is 4.98 Å². The van der Waals surface area contributed by atoms with E-state index in [4.69, 9.17) is 23.2 Å². The van der Waals surface area contributed by atoms with Crippen LogP contribution in [0.5, 0.6) is 0 Å². The van der Waals surface area contributed by atoms with Crippen molar-refractivity contribution in [2.45, 2.75) is 6.92 Å². The van der Waals surface area contributed by atoms with Crippen molar-refractivity contribution in [2.75, 3.05) is 0 Å². The van der Waals surface area contributed by atoms with E-state index in [0.29, 0.717) is 10.2 Å². The summed E-state index contributed by atoms with van der Waals surface area (Å²) >= 11 is 12.4. The molecule has 90 valence electrons. The summed E-state index contributed by atoms with van der Waals surface area (Å²) in [6.07, 6.45) is 0. The number of hydrogen-bond acceptors (Lipinski definition) is 1. The normalized spacial score (nSPS) is 11.1. The van der Waals surface area contributed by atoms with Crippen molar-refractivity contribution in [1.29, 1.82) is 0 Å². The second-order valence-electron chi connectivity index (χ2n) is 4.09. The summed E-state index contributed by atoms with van der Waals surface area (Å²) in [4.78, 5) is 4.43. The van der Waals surface area contributed by atoms with Gasteiger partial charge < -0.3 is 0 Å². The Labute approximate surface area is 115 Å². The Kier molecular flexibility index (Phi) is 2.77. The summed E-state index contributed by atoms with van der Waals surface area (Å²) in [6.45, 7) is 2.02. The van der Waals surface area contributed by atoms with Crippen molar-refractivity contribution in [3.63, 3.8) is 0 Å². The Morgan fingerprint density at radius 2 is 1.78 bits per heavy atom. The maximum atomic E-state index is 6.22. The molecule has 3 rings (SSSR count). The zero-order chi connectivity index (χ0) is 12.7. The lowest BCUT2D eigenvalue weighted by molar-refractivity contribution is 1.08. The molecule has 0 aliphatic carbocycles. The highest BCUT2D eigenvalue weighted by molar-refractivity contribution is 6.34. The molecule has 0 aliphatic rings. The van der Waals surface area contributed by atoms with Crippen LogP contribution >= 0.6 is 23.2 Å². The first-order valence-corrected chi connectivity index (χ1v) is 6.32. The van der Waals surface area contributed by atoms with Gasteiger partial charge in [-0.15, -0.1) is 0 Å². The Hall–Kier alpha value is -1.51. The van der Waals surface area contributed by atoms with Gasteiger partial charge in [-0.2, -0.15) is 0 Å². The fourth-order valence-electron chi connectivity index (χ4n) is 2.08. The third-order valence-corrected chi connectivity index (χ3v) is 3.53. The standard InChI is InChI=1S/C14H10Cl2N2/c1-9-5-4-8-12-13(16)17-14(18(9)12)10-6-2-3-7-11(10)15/h2-8H,1H3. The number of nitrogens with zero attached hydrogens (tertiary/aromatic N) is 2. The zero-order valence-electron chi connectivity index (χ0n) is 9.69. The number of fused-ring (bicyclic) bond motifs is 1. The molecule has 0 fully saturated rings. The number of benzene rings is 1. The van der Waals surface area contributed by atoms with Gasteiger partial charge in [-0.25, -0.2) is 4.98 Å². The van der Waals surface area contributed by atoms with Crippen molar-refractivity contribution >= 4 is 28.7 Å². The van der Waals surface area contributed by atoms with E-state index < -0.39 is 0 Å². The molecule has 0 saturated heterocycles. The molecule has 0 amide bonds. The molecule has 0 saturated carbocycles. The summed E-state index contributed by atoms with van der Waals surface area (Å²) < 4.78 is 2.02. The summed E-state index contributed by atoms with van der Waals surface area (Å²) in [6, 6.07) is 13.6. The lowest BCUT2D eigenvalue weighted by Crippen LogP contribution is -1.94. The molecule has 0 spiro atoms. The van der Waals surface area contributed by atoms with Crippen LogP contribution in [-0.2, 0) is 0 Å². The largest absolute Gasteiger partial charge is 0.295 e.